The summed E-state index contributed by atoms with van der Waals surface area (Å²) in [4.78, 5) is 24.6. The molecule has 0 aromatic heterocycles. The lowest BCUT2D eigenvalue weighted by Crippen LogP contribution is -2.22. The fourth-order valence-electron chi connectivity index (χ4n) is 2.46. The number of anilines is 1. The van der Waals surface area contributed by atoms with Gasteiger partial charge in [-0.3, -0.25) is 4.79 Å². The lowest BCUT2D eigenvalue weighted by atomic mass is 9.95. The highest BCUT2D eigenvalue weighted by molar-refractivity contribution is 6.03. The quantitative estimate of drug-likeness (QED) is 0.821. The number of para-hydroxylation sites is 1. The molecule has 1 amide bonds. The molecule has 0 bridgehead atoms. The summed E-state index contributed by atoms with van der Waals surface area (Å²) in [7, 11) is 0. The molecule has 0 aliphatic rings. The van der Waals surface area contributed by atoms with Crippen LogP contribution in [0.4, 0.5) is 5.69 Å². The molecule has 4 nitrogen and oxygen atoms in total. The zero-order valence-electron chi connectivity index (χ0n) is 13.4. The lowest BCUT2D eigenvalue weighted by Gasteiger charge is -2.17. The van der Waals surface area contributed by atoms with Crippen molar-refractivity contribution in [2.45, 2.75) is 26.2 Å². The van der Waals surface area contributed by atoms with Gasteiger partial charge in [0.05, 0.1) is 23.8 Å². The third kappa shape index (κ3) is 4.19. The fraction of sp³-hybridized carbons (Fsp3) is 0.263. The van der Waals surface area contributed by atoms with Crippen LogP contribution in [0.25, 0.3) is 0 Å². The first-order valence-corrected chi connectivity index (χ1v) is 7.79. The highest BCUT2D eigenvalue weighted by atomic mass is 16.5. The van der Waals surface area contributed by atoms with Crippen LogP contribution in [0.5, 0.6) is 0 Å². The number of ether oxygens (including phenoxy) is 1. The average molecular weight is 311 g/mol. The van der Waals surface area contributed by atoms with Crippen LogP contribution in [0.3, 0.4) is 0 Å². The number of nitrogens with one attached hydrogen (secondary N) is 1. The van der Waals surface area contributed by atoms with E-state index < -0.39 is 5.97 Å². The Balaban J connectivity index is 2.21. The van der Waals surface area contributed by atoms with Crippen LogP contribution < -0.4 is 5.32 Å². The smallest absolute Gasteiger partial charge is 0.340 e. The predicted molar refractivity (Wildman–Crippen MR) is 90.5 cm³/mol. The minimum atomic E-state index is -0.434. The monoisotopic (exact) mass is 311 g/mol. The third-order valence-corrected chi connectivity index (χ3v) is 3.61. The van der Waals surface area contributed by atoms with Gasteiger partial charge < -0.3 is 10.1 Å². The van der Waals surface area contributed by atoms with Crippen molar-refractivity contribution in [1.29, 1.82) is 0 Å². The molecule has 1 atom stereocenters. The molecule has 0 unspecified atom stereocenters. The van der Waals surface area contributed by atoms with Gasteiger partial charge in [0.2, 0.25) is 5.91 Å². The summed E-state index contributed by atoms with van der Waals surface area (Å²) >= 11 is 0. The minimum absolute atomic E-state index is 0.129. The Morgan fingerprint density at radius 2 is 1.65 bits per heavy atom. The molecule has 0 fully saturated rings. The highest BCUT2D eigenvalue weighted by Crippen LogP contribution is 2.23. The van der Waals surface area contributed by atoms with Crippen molar-refractivity contribution in [3.63, 3.8) is 0 Å². The summed E-state index contributed by atoms with van der Waals surface area (Å²) in [6, 6.07) is 16.5. The summed E-state index contributed by atoms with van der Waals surface area (Å²) in [6.07, 6.45) is 0.678. The van der Waals surface area contributed by atoms with E-state index >= 15 is 0 Å². The van der Waals surface area contributed by atoms with E-state index in [2.05, 4.69) is 5.32 Å². The van der Waals surface area contributed by atoms with Crippen molar-refractivity contribution < 1.29 is 14.3 Å². The first-order chi connectivity index (χ1) is 11.2. The van der Waals surface area contributed by atoms with Crippen molar-refractivity contribution in [2.24, 2.45) is 0 Å². The van der Waals surface area contributed by atoms with E-state index in [9.17, 15) is 9.59 Å². The Bertz CT molecular complexity index is 667. The van der Waals surface area contributed by atoms with Crippen LogP contribution in [-0.2, 0) is 9.53 Å². The van der Waals surface area contributed by atoms with Gasteiger partial charge in [-0.2, -0.15) is 0 Å². The van der Waals surface area contributed by atoms with Crippen LogP contribution in [0, 0.1) is 0 Å². The zero-order valence-corrected chi connectivity index (χ0v) is 13.4. The Morgan fingerprint density at radius 1 is 1.00 bits per heavy atom. The van der Waals surface area contributed by atoms with Gasteiger partial charge in [0.1, 0.15) is 0 Å². The van der Waals surface area contributed by atoms with Gasteiger partial charge in [0.25, 0.3) is 0 Å². The van der Waals surface area contributed by atoms with Gasteiger partial charge in [-0.25, -0.2) is 4.79 Å². The molecule has 0 radical (unpaired) electrons. The van der Waals surface area contributed by atoms with Gasteiger partial charge in [-0.1, -0.05) is 49.4 Å². The Hall–Kier alpha value is -2.62. The van der Waals surface area contributed by atoms with Crippen molar-refractivity contribution >= 4 is 17.6 Å². The fourth-order valence-corrected chi connectivity index (χ4v) is 2.46. The number of hydrogen-bond acceptors (Lipinski definition) is 3. The molecule has 23 heavy (non-hydrogen) atoms. The topological polar surface area (TPSA) is 55.4 Å². The van der Waals surface area contributed by atoms with Crippen LogP contribution >= 0.6 is 0 Å². The van der Waals surface area contributed by atoms with Gasteiger partial charge in [0, 0.05) is 0 Å². The predicted octanol–water partition coefficient (Wildman–Crippen LogP) is 4.00. The van der Waals surface area contributed by atoms with Crippen molar-refractivity contribution in [3.8, 4) is 0 Å². The normalized spacial score (nSPS) is 11.6. The Labute approximate surface area is 136 Å². The van der Waals surface area contributed by atoms with Gasteiger partial charge >= 0.3 is 5.97 Å². The second-order valence-corrected chi connectivity index (χ2v) is 5.13. The summed E-state index contributed by atoms with van der Waals surface area (Å²) in [5.41, 5.74) is 1.80. The van der Waals surface area contributed by atoms with Crippen LogP contribution in [0.2, 0.25) is 0 Å². The second kappa shape index (κ2) is 8.13. The Kier molecular flexibility index (Phi) is 5.92. The lowest BCUT2D eigenvalue weighted by molar-refractivity contribution is -0.117. The van der Waals surface area contributed by atoms with Crippen LogP contribution in [-0.4, -0.2) is 18.5 Å². The maximum absolute atomic E-state index is 12.6. The van der Waals surface area contributed by atoms with Crippen molar-refractivity contribution in [1.82, 2.24) is 0 Å². The first kappa shape index (κ1) is 16.7. The minimum Gasteiger partial charge on any atom is -0.462 e. The molecule has 2 rings (SSSR count). The SMILES string of the molecule is CCOC(=O)c1ccccc1NC(=O)[C@@H](CC)c1ccccc1. The van der Waals surface area contributed by atoms with E-state index in [-0.39, 0.29) is 11.8 Å². The summed E-state index contributed by atoms with van der Waals surface area (Å²) in [5, 5.41) is 2.86. The van der Waals surface area contributed by atoms with Gasteiger partial charge in [-0.15, -0.1) is 0 Å². The standard InChI is InChI=1S/C19H21NO3/c1-3-15(14-10-6-5-7-11-14)18(21)20-17-13-9-8-12-16(17)19(22)23-4-2/h5-13,15H,3-4H2,1-2H3,(H,20,21)/t15-/m0/s1. The van der Waals surface area contributed by atoms with Crippen LogP contribution in [0.15, 0.2) is 54.6 Å². The largest absolute Gasteiger partial charge is 0.462 e. The maximum Gasteiger partial charge on any atom is 0.340 e. The number of carbonyl (C=O) groups excluding carboxylic acids is 2. The van der Waals surface area contributed by atoms with E-state index in [1.165, 1.54) is 0 Å². The molecule has 2 aromatic rings. The van der Waals surface area contributed by atoms with E-state index in [0.717, 1.165) is 5.56 Å². The summed E-state index contributed by atoms with van der Waals surface area (Å²) in [5.74, 6) is -0.821. The maximum atomic E-state index is 12.6. The number of amides is 1. The molecular formula is C19H21NO3. The zero-order chi connectivity index (χ0) is 16.7. The molecule has 0 aliphatic carbocycles. The highest BCUT2D eigenvalue weighted by Gasteiger charge is 2.21. The molecule has 0 saturated carbocycles. The number of esters is 1. The number of carbonyl (C=O) groups is 2. The van der Waals surface area contributed by atoms with Crippen LogP contribution in [0.1, 0.15) is 42.1 Å². The second-order valence-electron chi connectivity index (χ2n) is 5.13. The molecule has 0 aliphatic heterocycles. The van der Waals surface area contributed by atoms with E-state index in [4.69, 9.17) is 4.74 Å². The van der Waals surface area contributed by atoms with Gasteiger partial charge in [-0.05, 0) is 31.0 Å². The van der Waals surface area contributed by atoms with Gasteiger partial charge in [0.15, 0.2) is 0 Å². The van der Waals surface area contributed by atoms with E-state index in [1.807, 2.05) is 37.3 Å². The van der Waals surface area contributed by atoms with E-state index in [0.29, 0.717) is 24.3 Å². The summed E-state index contributed by atoms with van der Waals surface area (Å²) < 4.78 is 5.03. The molecule has 4 heteroatoms. The molecule has 2 aromatic carbocycles. The number of rotatable bonds is 6. The molecule has 1 N–H and O–H groups in total. The molecular weight excluding hydrogens is 290 g/mol. The first-order valence-electron chi connectivity index (χ1n) is 7.79. The summed E-state index contributed by atoms with van der Waals surface area (Å²) in [6.45, 7) is 4.01. The van der Waals surface area contributed by atoms with E-state index in [1.54, 1.807) is 31.2 Å². The third-order valence-electron chi connectivity index (χ3n) is 3.61. The molecule has 0 saturated heterocycles. The average Bonchev–Trinajstić information content (AvgIpc) is 2.57. The Morgan fingerprint density at radius 3 is 2.30 bits per heavy atom. The van der Waals surface area contributed by atoms with Crippen molar-refractivity contribution in [3.05, 3.63) is 65.7 Å². The molecule has 0 heterocycles. The molecule has 120 valence electrons. The molecule has 0 spiro atoms. The number of hydrogen-bond donors (Lipinski definition) is 1. The van der Waals surface area contributed by atoms with Crippen molar-refractivity contribution in [2.75, 3.05) is 11.9 Å². The number of benzene rings is 2.